The number of benzene rings is 1. The van der Waals surface area contributed by atoms with Gasteiger partial charge in [-0.1, -0.05) is 12.1 Å². The lowest BCUT2D eigenvalue weighted by Gasteiger charge is -2.27. The van der Waals surface area contributed by atoms with Crippen LogP contribution in [0.1, 0.15) is 37.7 Å². The van der Waals surface area contributed by atoms with Gasteiger partial charge in [0, 0.05) is 59.4 Å². The number of piperidine rings is 1. The number of pyridine rings is 1. The minimum atomic E-state index is 0.228. The van der Waals surface area contributed by atoms with Gasteiger partial charge in [-0.05, 0) is 37.8 Å². The van der Waals surface area contributed by atoms with Crippen LogP contribution in [0, 0.1) is 0 Å². The van der Waals surface area contributed by atoms with Crippen LogP contribution in [-0.4, -0.2) is 29.0 Å². The molecule has 0 bridgehead atoms. The summed E-state index contributed by atoms with van der Waals surface area (Å²) in [6.07, 6.45) is 9.26. The quantitative estimate of drug-likeness (QED) is 0.722. The van der Waals surface area contributed by atoms with Crippen LogP contribution in [0.25, 0.3) is 22.0 Å². The smallest absolute Gasteiger partial charge is 0.227 e. The third-order valence-electron chi connectivity index (χ3n) is 6.53. The average molecular weight is 358 g/mol. The van der Waals surface area contributed by atoms with Gasteiger partial charge in [-0.25, -0.2) is 4.98 Å². The molecule has 2 fully saturated rings. The Hall–Kier alpha value is -2.82. The number of carbonyl (C=O) groups excluding carboxylic acids is 1. The molecule has 2 aliphatic heterocycles. The van der Waals surface area contributed by atoms with E-state index in [4.69, 9.17) is 4.98 Å². The second kappa shape index (κ2) is 5.35. The highest BCUT2D eigenvalue weighted by atomic mass is 16.2. The zero-order valence-corrected chi connectivity index (χ0v) is 15.2. The highest BCUT2D eigenvalue weighted by Crippen LogP contribution is 2.54. The SMILES string of the molecule is O=C1CCCCN1c1cccc2c(-c3cnc4c(c3)C3(CC3)CN4)c[nH]c12. The number of para-hydroxylation sites is 1. The van der Waals surface area contributed by atoms with Crippen LogP contribution in [0.4, 0.5) is 11.5 Å². The van der Waals surface area contributed by atoms with Crippen molar-refractivity contribution >= 4 is 28.3 Å². The Kier molecular flexibility index (Phi) is 3.02. The summed E-state index contributed by atoms with van der Waals surface area (Å²) in [6, 6.07) is 8.56. The van der Waals surface area contributed by atoms with Crippen LogP contribution in [0.3, 0.4) is 0 Å². The van der Waals surface area contributed by atoms with E-state index in [9.17, 15) is 4.79 Å². The van der Waals surface area contributed by atoms with E-state index in [2.05, 4.69) is 40.8 Å². The van der Waals surface area contributed by atoms with Crippen LogP contribution in [0.15, 0.2) is 36.7 Å². The zero-order valence-electron chi connectivity index (χ0n) is 15.2. The summed E-state index contributed by atoms with van der Waals surface area (Å²) in [5.41, 5.74) is 6.05. The van der Waals surface area contributed by atoms with Gasteiger partial charge in [0.05, 0.1) is 11.2 Å². The van der Waals surface area contributed by atoms with Crippen molar-refractivity contribution in [3.63, 3.8) is 0 Å². The van der Waals surface area contributed by atoms with Crippen LogP contribution in [0.5, 0.6) is 0 Å². The van der Waals surface area contributed by atoms with Gasteiger partial charge in [-0.2, -0.15) is 0 Å². The predicted molar refractivity (Wildman–Crippen MR) is 107 cm³/mol. The molecular weight excluding hydrogens is 336 g/mol. The molecule has 0 radical (unpaired) electrons. The molecule has 1 amide bonds. The Balaban J connectivity index is 1.47. The molecule has 3 aromatic rings. The first-order chi connectivity index (χ1) is 13.3. The average Bonchev–Trinajstić information content (AvgIpc) is 3.22. The monoisotopic (exact) mass is 358 g/mol. The normalized spacial score (nSPS) is 20.1. The van der Waals surface area contributed by atoms with Crippen molar-refractivity contribution in [2.24, 2.45) is 0 Å². The summed E-state index contributed by atoms with van der Waals surface area (Å²) in [7, 11) is 0. The lowest BCUT2D eigenvalue weighted by atomic mass is 9.96. The molecule has 2 aromatic heterocycles. The minimum Gasteiger partial charge on any atom is -0.369 e. The summed E-state index contributed by atoms with van der Waals surface area (Å²) in [5, 5.41) is 4.61. The lowest BCUT2D eigenvalue weighted by Crippen LogP contribution is -2.35. The second-order valence-electron chi connectivity index (χ2n) is 8.16. The third kappa shape index (κ3) is 2.17. The number of carbonyl (C=O) groups is 1. The number of nitrogens with one attached hydrogen (secondary N) is 2. The number of hydrogen-bond donors (Lipinski definition) is 2. The summed E-state index contributed by atoms with van der Waals surface area (Å²) < 4.78 is 0. The third-order valence-corrected chi connectivity index (χ3v) is 6.53. The largest absolute Gasteiger partial charge is 0.369 e. The number of amides is 1. The molecule has 2 N–H and O–H groups in total. The summed E-state index contributed by atoms with van der Waals surface area (Å²) >= 11 is 0. The fraction of sp³-hybridized carbons (Fsp3) is 0.364. The van der Waals surface area contributed by atoms with Crippen molar-refractivity contribution in [3.05, 3.63) is 42.2 Å². The minimum absolute atomic E-state index is 0.228. The number of anilines is 2. The van der Waals surface area contributed by atoms with E-state index in [1.165, 1.54) is 18.4 Å². The first-order valence-corrected chi connectivity index (χ1v) is 9.90. The fourth-order valence-electron chi connectivity index (χ4n) is 4.77. The first-order valence-electron chi connectivity index (χ1n) is 9.90. The van der Waals surface area contributed by atoms with E-state index in [0.717, 1.165) is 59.5 Å². The Morgan fingerprint density at radius 2 is 2.11 bits per heavy atom. The van der Waals surface area contributed by atoms with Gasteiger partial charge in [0.1, 0.15) is 5.82 Å². The molecule has 136 valence electrons. The van der Waals surface area contributed by atoms with Crippen molar-refractivity contribution in [1.29, 1.82) is 0 Å². The topological polar surface area (TPSA) is 61.0 Å². The molecule has 4 heterocycles. The molecule has 27 heavy (non-hydrogen) atoms. The van der Waals surface area contributed by atoms with Gasteiger partial charge in [0.15, 0.2) is 0 Å². The van der Waals surface area contributed by atoms with Crippen LogP contribution in [0.2, 0.25) is 0 Å². The Morgan fingerprint density at radius 1 is 1.19 bits per heavy atom. The van der Waals surface area contributed by atoms with Gasteiger partial charge in [0.2, 0.25) is 5.91 Å². The van der Waals surface area contributed by atoms with Crippen molar-refractivity contribution < 1.29 is 4.79 Å². The summed E-state index contributed by atoms with van der Waals surface area (Å²) in [5.74, 6) is 1.28. The van der Waals surface area contributed by atoms with Gasteiger partial charge in [-0.3, -0.25) is 4.79 Å². The molecule has 0 unspecified atom stereocenters. The van der Waals surface area contributed by atoms with Crippen LogP contribution >= 0.6 is 0 Å². The number of rotatable bonds is 2. The van der Waals surface area contributed by atoms with E-state index in [1.54, 1.807) is 0 Å². The number of hydrogen-bond acceptors (Lipinski definition) is 3. The molecule has 1 spiro atoms. The molecule has 0 atom stereocenters. The Bertz CT molecular complexity index is 1080. The number of fused-ring (bicyclic) bond motifs is 3. The second-order valence-corrected chi connectivity index (χ2v) is 8.16. The predicted octanol–water partition coefficient (Wildman–Crippen LogP) is 4.20. The Labute approximate surface area is 157 Å². The van der Waals surface area contributed by atoms with Gasteiger partial charge < -0.3 is 15.2 Å². The Morgan fingerprint density at radius 3 is 2.96 bits per heavy atom. The molecule has 1 saturated carbocycles. The molecule has 1 aromatic carbocycles. The molecule has 1 saturated heterocycles. The highest BCUT2D eigenvalue weighted by molar-refractivity contribution is 6.07. The fourth-order valence-corrected chi connectivity index (χ4v) is 4.77. The van der Waals surface area contributed by atoms with E-state index >= 15 is 0 Å². The summed E-state index contributed by atoms with van der Waals surface area (Å²) in [4.78, 5) is 22.5. The van der Waals surface area contributed by atoms with Crippen LogP contribution in [-0.2, 0) is 10.2 Å². The van der Waals surface area contributed by atoms with Gasteiger partial charge in [-0.15, -0.1) is 0 Å². The van der Waals surface area contributed by atoms with E-state index in [1.807, 2.05) is 11.1 Å². The maximum absolute atomic E-state index is 12.4. The highest BCUT2D eigenvalue weighted by Gasteiger charge is 2.49. The standard InChI is InChI=1S/C22H22N4O/c27-19-6-1-2-9-26(19)18-5-3-4-15-16(12-23-20(15)18)14-10-17-21(24-11-14)25-13-22(17)7-8-22/h3-5,10-12,23H,1-2,6-9,13H2,(H,24,25). The zero-order chi connectivity index (χ0) is 18.0. The van der Waals surface area contributed by atoms with Crippen molar-refractivity contribution in [2.75, 3.05) is 23.3 Å². The molecule has 5 nitrogen and oxygen atoms in total. The molecule has 6 rings (SSSR count). The van der Waals surface area contributed by atoms with Gasteiger partial charge >= 0.3 is 0 Å². The van der Waals surface area contributed by atoms with Crippen LogP contribution < -0.4 is 10.2 Å². The van der Waals surface area contributed by atoms with E-state index < -0.39 is 0 Å². The molecular formula is C22H22N4O. The number of nitrogens with zero attached hydrogens (tertiary/aromatic N) is 2. The summed E-state index contributed by atoms with van der Waals surface area (Å²) in [6.45, 7) is 1.83. The van der Waals surface area contributed by atoms with Crippen molar-refractivity contribution in [3.8, 4) is 11.1 Å². The molecule has 3 aliphatic rings. The molecule has 5 heteroatoms. The number of H-pyrrole nitrogens is 1. The number of aromatic nitrogens is 2. The van der Waals surface area contributed by atoms with Crippen molar-refractivity contribution in [2.45, 2.75) is 37.5 Å². The first kappa shape index (κ1) is 15.3. The maximum Gasteiger partial charge on any atom is 0.227 e. The van der Waals surface area contributed by atoms with Crippen molar-refractivity contribution in [1.82, 2.24) is 9.97 Å². The molecule has 1 aliphatic carbocycles. The van der Waals surface area contributed by atoms with E-state index in [-0.39, 0.29) is 5.91 Å². The maximum atomic E-state index is 12.4. The van der Waals surface area contributed by atoms with E-state index in [0.29, 0.717) is 11.8 Å². The number of aromatic amines is 1. The lowest BCUT2D eigenvalue weighted by molar-refractivity contribution is -0.119. The van der Waals surface area contributed by atoms with Gasteiger partial charge in [0.25, 0.3) is 0 Å².